The molecule has 0 aliphatic heterocycles. The van der Waals surface area contributed by atoms with Crippen LogP contribution in [0.4, 0.5) is 0 Å². The monoisotopic (exact) mass is 248 g/mol. The molecule has 0 saturated heterocycles. The molecule has 0 aliphatic rings. The second-order valence-corrected chi connectivity index (χ2v) is 4.13. The number of rotatable bonds is 5. The van der Waals surface area contributed by atoms with E-state index in [-0.39, 0.29) is 6.61 Å². The molecule has 1 aromatic carbocycles. The van der Waals surface area contributed by atoms with Crippen molar-refractivity contribution in [1.29, 1.82) is 0 Å². The highest BCUT2D eigenvalue weighted by atomic mass is 16.5. The predicted octanol–water partition coefficient (Wildman–Crippen LogP) is 2.49. The molecule has 0 fully saturated rings. The van der Waals surface area contributed by atoms with Crippen molar-refractivity contribution in [2.45, 2.75) is 26.4 Å². The smallest absolute Gasteiger partial charge is 0.331 e. The SMILES string of the molecule is CC(C)c1ccccc1COC(=O)/C=C\C(=O)O. The van der Waals surface area contributed by atoms with Crippen LogP contribution in [-0.4, -0.2) is 17.0 Å². The first-order valence-corrected chi connectivity index (χ1v) is 5.66. The predicted molar refractivity (Wildman–Crippen MR) is 67.1 cm³/mol. The minimum atomic E-state index is -1.17. The summed E-state index contributed by atoms with van der Waals surface area (Å²) in [7, 11) is 0. The Labute approximate surface area is 106 Å². The van der Waals surface area contributed by atoms with Gasteiger partial charge >= 0.3 is 11.9 Å². The Morgan fingerprint density at radius 3 is 2.56 bits per heavy atom. The molecule has 0 radical (unpaired) electrons. The van der Waals surface area contributed by atoms with Gasteiger partial charge < -0.3 is 9.84 Å². The van der Waals surface area contributed by atoms with E-state index in [0.29, 0.717) is 5.92 Å². The molecule has 0 atom stereocenters. The van der Waals surface area contributed by atoms with Crippen LogP contribution >= 0.6 is 0 Å². The third-order valence-corrected chi connectivity index (χ3v) is 2.41. The lowest BCUT2D eigenvalue weighted by Gasteiger charge is -2.12. The molecule has 1 N–H and O–H groups in total. The summed E-state index contributed by atoms with van der Waals surface area (Å²) in [5.41, 5.74) is 2.05. The molecule has 0 aliphatic carbocycles. The van der Waals surface area contributed by atoms with Crippen LogP contribution < -0.4 is 0 Å². The summed E-state index contributed by atoms with van der Waals surface area (Å²) >= 11 is 0. The van der Waals surface area contributed by atoms with E-state index < -0.39 is 11.9 Å². The Morgan fingerprint density at radius 1 is 1.28 bits per heavy atom. The molecule has 0 heterocycles. The van der Waals surface area contributed by atoms with Crippen molar-refractivity contribution in [1.82, 2.24) is 0 Å². The molecule has 96 valence electrons. The van der Waals surface area contributed by atoms with E-state index in [1.807, 2.05) is 24.3 Å². The molecule has 1 rings (SSSR count). The Morgan fingerprint density at radius 2 is 1.94 bits per heavy atom. The molecule has 0 unspecified atom stereocenters. The minimum Gasteiger partial charge on any atom is -0.478 e. The molecule has 0 amide bonds. The number of ether oxygens (including phenoxy) is 1. The lowest BCUT2D eigenvalue weighted by Crippen LogP contribution is -2.04. The van der Waals surface area contributed by atoms with Crippen LogP contribution in [-0.2, 0) is 20.9 Å². The van der Waals surface area contributed by atoms with E-state index in [1.165, 1.54) is 0 Å². The number of hydrogen-bond donors (Lipinski definition) is 1. The lowest BCUT2D eigenvalue weighted by molar-refractivity contribution is -0.139. The zero-order chi connectivity index (χ0) is 13.5. The summed E-state index contributed by atoms with van der Waals surface area (Å²) in [6.07, 6.45) is 1.66. The quantitative estimate of drug-likeness (QED) is 0.642. The molecule has 0 bridgehead atoms. The van der Waals surface area contributed by atoms with Gasteiger partial charge in [0.1, 0.15) is 6.61 Å². The molecule has 18 heavy (non-hydrogen) atoms. The average Bonchev–Trinajstić information content (AvgIpc) is 2.34. The fraction of sp³-hybridized carbons (Fsp3) is 0.286. The normalized spacial score (nSPS) is 10.8. The maximum atomic E-state index is 11.2. The van der Waals surface area contributed by atoms with Crippen molar-refractivity contribution in [3.05, 3.63) is 47.5 Å². The Hall–Kier alpha value is -2.10. The van der Waals surface area contributed by atoms with Gasteiger partial charge in [0.05, 0.1) is 0 Å². The number of aliphatic carboxylic acids is 1. The van der Waals surface area contributed by atoms with Gasteiger partial charge in [-0.25, -0.2) is 9.59 Å². The number of carbonyl (C=O) groups excluding carboxylic acids is 1. The summed E-state index contributed by atoms with van der Waals surface area (Å²) in [6, 6.07) is 7.69. The van der Waals surface area contributed by atoms with Crippen molar-refractivity contribution in [2.24, 2.45) is 0 Å². The van der Waals surface area contributed by atoms with Crippen molar-refractivity contribution < 1.29 is 19.4 Å². The van der Waals surface area contributed by atoms with Crippen LogP contribution in [0.25, 0.3) is 0 Å². The van der Waals surface area contributed by atoms with Crippen LogP contribution in [0.2, 0.25) is 0 Å². The first kappa shape index (κ1) is 14.0. The molecular weight excluding hydrogens is 232 g/mol. The van der Waals surface area contributed by atoms with E-state index >= 15 is 0 Å². The minimum absolute atomic E-state index is 0.150. The van der Waals surface area contributed by atoms with Crippen LogP contribution in [0.5, 0.6) is 0 Å². The van der Waals surface area contributed by atoms with Crippen LogP contribution in [0, 0.1) is 0 Å². The highest BCUT2D eigenvalue weighted by Gasteiger charge is 2.07. The van der Waals surface area contributed by atoms with E-state index in [9.17, 15) is 9.59 Å². The third-order valence-electron chi connectivity index (χ3n) is 2.41. The molecular formula is C14H16O4. The van der Waals surface area contributed by atoms with Crippen molar-refractivity contribution >= 4 is 11.9 Å². The molecule has 1 aromatic rings. The first-order chi connectivity index (χ1) is 8.50. The Balaban J connectivity index is 2.64. The number of carboxylic acids is 1. The number of benzene rings is 1. The van der Waals surface area contributed by atoms with E-state index in [1.54, 1.807) is 0 Å². The van der Waals surface area contributed by atoms with E-state index in [2.05, 4.69) is 13.8 Å². The summed E-state index contributed by atoms with van der Waals surface area (Å²) in [5.74, 6) is -1.49. The van der Waals surface area contributed by atoms with Gasteiger partial charge in [0, 0.05) is 12.2 Å². The first-order valence-electron chi connectivity index (χ1n) is 5.66. The van der Waals surface area contributed by atoms with Gasteiger partial charge in [-0.2, -0.15) is 0 Å². The van der Waals surface area contributed by atoms with Crippen LogP contribution in [0.15, 0.2) is 36.4 Å². The summed E-state index contributed by atoms with van der Waals surface area (Å²) in [4.78, 5) is 21.5. The van der Waals surface area contributed by atoms with Crippen LogP contribution in [0.1, 0.15) is 30.9 Å². The summed E-state index contributed by atoms with van der Waals surface area (Å²) in [6.45, 7) is 4.27. The van der Waals surface area contributed by atoms with Gasteiger partial charge in [-0.15, -0.1) is 0 Å². The number of carboxylic acid groups (broad SMARTS) is 1. The highest BCUT2D eigenvalue weighted by molar-refractivity contribution is 5.90. The second kappa shape index (κ2) is 6.59. The fourth-order valence-corrected chi connectivity index (χ4v) is 1.57. The molecule has 0 spiro atoms. The Bertz CT molecular complexity index is 461. The van der Waals surface area contributed by atoms with Crippen molar-refractivity contribution in [3.8, 4) is 0 Å². The van der Waals surface area contributed by atoms with Gasteiger partial charge in [-0.05, 0) is 17.0 Å². The van der Waals surface area contributed by atoms with Crippen molar-refractivity contribution in [3.63, 3.8) is 0 Å². The summed E-state index contributed by atoms with van der Waals surface area (Å²) in [5, 5.41) is 8.37. The number of carbonyl (C=O) groups is 2. The van der Waals surface area contributed by atoms with E-state index in [0.717, 1.165) is 23.3 Å². The van der Waals surface area contributed by atoms with Gasteiger partial charge in [-0.1, -0.05) is 38.1 Å². The van der Waals surface area contributed by atoms with Gasteiger partial charge in [0.2, 0.25) is 0 Å². The summed E-state index contributed by atoms with van der Waals surface area (Å²) < 4.78 is 4.98. The van der Waals surface area contributed by atoms with E-state index in [4.69, 9.17) is 9.84 Å². The zero-order valence-electron chi connectivity index (χ0n) is 10.4. The third kappa shape index (κ3) is 4.41. The Kier molecular flexibility index (Phi) is 5.11. The molecule has 4 nitrogen and oxygen atoms in total. The molecule has 0 aromatic heterocycles. The maximum absolute atomic E-state index is 11.2. The largest absolute Gasteiger partial charge is 0.478 e. The fourth-order valence-electron chi connectivity index (χ4n) is 1.57. The topological polar surface area (TPSA) is 63.6 Å². The molecule has 4 heteroatoms. The van der Waals surface area contributed by atoms with Gasteiger partial charge in [0.15, 0.2) is 0 Å². The average molecular weight is 248 g/mol. The number of hydrogen-bond acceptors (Lipinski definition) is 3. The maximum Gasteiger partial charge on any atom is 0.331 e. The van der Waals surface area contributed by atoms with Crippen molar-refractivity contribution in [2.75, 3.05) is 0 Å². The highest BCUT2D eigenvalue weighted by Crippen LogP contribution is 2.19. The molecule has 0 saturated carbocycles. The second-order valence-electron chi connectivity index (χ2n) is 4.13. The van der Waals surface area contributed by atoms with Gasteiger partial charge in [0.25, 0.3) is 0 Å². The zero-order valence-corrected chi connectivity index (χ0v) is 10.4. The van der Waals surface area contributed by atoms with Gasteiger partial charge in [-0.3, -0.25) is 0 Å². The standard InChI is InChI=1S/C14H16O4/c1-10(2)12-6-4-3-5-11(12)9-18-14(17)8-7-13(15)16/h3-8,10H,9H2,1-2H3,(H,15,16)/b8-7-. The number of esters is 1. The van der Waals surface area contributed by atoms with Crippen LogP contribution in [0.3, 0.4) is 0 Å². The lowest BCUT2D eigenvalue weighted by atomic mass is 9.98.